The van der Waals surface area contributed by atoms with Crippen molar-refractivity contribution in [3.8, 4) is 16.9 Å². The number of hydrogen-bond donors (Lipinski definition) is 1. The van der Waals surface area contributed by atoms with Gasteiger partial charge in [0.15, 0.2) is 0 Å². The molecule has 0 radical (unpaired) electrons. The molecule has 7 nitrogen and oxygen atoms in total. The maximum absolute atomic E-state index is 12.7. The quantitative estimate of drug-likeness (QED) is 0.617. The average Bonchev–Trinajstić information content (AvgIpc) is 3.23. The monoisotopic (exact) mass is 436 g/mol. The number of para-hydroxylation sites is 1. The number of esters is 1. The number of ether oxygens (including phenoxy) is 1. The van der Waals surface area contributed by atoms with E-state index in [0.29, 0.717) is 27.6 Å². The number of hydrogen-bond acceptors (Lipinski definition) is 4. The zero-order valence-electron chi connectivity index (χ0n) is 17.3. The third-order valence-electron chi connectivity index (χ3n) is 5.35. The first-order valence-electron chi connectivity index (χ1n) is 9.65. The molecular weight excluding hydrogens is 416 g/mol. The van der Waals surface area contributed by atoms with Gasteiger partial charge in [0.05, 0.1) is 30.1 Å². The summed E-state index contributed by atoms with van der Waals surface area (Å²) in [6.07, 6.45) is 1.83. The van der Waals surface area contributed by atoms with Crippen LogP contribution in [-0.4, -0.2) is 40.8 Å². The maximum atomic E-state index is 12.7. The number of carbonyl (C=O) groups excluding carboxylic acids is 2. The summed E-state index contributed by atoms with van der Waals surface area (Å²) in [5.74, 6) is -0.510. The molecule has 0 saturated carbocycles. The van der Waals surface area contributed by atoms with Gasteiger partial charge in [0.1, 0.15) is 0 Å². The topological polar surface area (TPSA) is 76.5 Å². The molecule has 0 unspecified atom stereocenters. The van der Waals surface area contributed by atoms with Crippen molar-refractivity contribution in [2.45, 2.75) is 13.0 Å². The molecule has 158 valence electrons. The number of amides is 2. The minimum absolute atomic E-state index is 0.315. The third-order valence-corrected chi connectivity index (χ3v) is 5.60. The Labute approximate surface area is 184 Å². The number of methoxy groups -OCH3 is 1. The molecule has 0 bridgehead atoms. The van der Waals surface area contributed by atoms with Crippen LogP contribution in [0.4, 0.5) is 4.79 Å². The second-order valence-electron chi connectivity index (χ2n) is 7.15. The molecule has 0 aliphatic carbocycles. The van der Waals surface area contributed by atoms with Gasteiger partial charge in [-0.1, -0.05) is 41.9 Å². The predicted molar refractivity (Wildman–Crippen MR) is 118 cm³/mol. The minimum atomic E-state index is -0.723. The lowest BCUT2D eigenvalue weighted by molar-refractivity contribution is -0.136. The zero-order chi connectivity index (χ0) is 22.1. The number of carbonyl (C=O) groups is 2. The van der Waals surface area contributed by atoms with E-state index < -0.39 is 12.0 Å². The highest BCUT2D eigenvalue weighted by Gasteiger charge is 2.37. The van der Waals surface area contributed by atoms with Gasteiger partial charge in [-0.25, -0.2) is 14.3 Å². The van der Waals surface area contributed by atoms with Crippen LogP contribution in [0.5, 0.6) is 0 Å². The molecule has 31 heavy (non-hydrogen) atoms. The van der Waals surface area contributed by atoms with Crippen LogP contribution < -0.4 is 5.32 Å². The Hall–Kier alpha value is -3.58. The van der Waals surface area contributed by atoms with E-state index >= 15 is 0 Å². The molecule has 1 aliphatic heterocycles. The smallest absolute Gasteiger partial charge is 0.337 e. The van der Waals surface area contributed by atoms with Crippen molar-refractivity contribution >= 4 is 23.6 Å². The van der Waals surface area contributed by atoms with Gasteiger partial charge in [-0.05, 0) is 31.2 Å². The molecule has 1 aliphatic rings. The normalized spacial score (nSPS) is 16.3. The number of allylic oxidation sites excluding steroid dienone is 1. The van der Waals surface area contributed by atoms with E-state index in [1.165, 1.54) is 12.0 Å². The first-order chi connectivity index (χ1) is 14.9. The Morgan fingerprint density at radius 3 is 2.45 bits per heavy atom. The Balaban J connectivity index is 1.93. The third kappa shape index (κ3) is 3.80. The highest BCUT2D eigenvalue weighted by Crippen LogP contribution is 2.36. The number of halogens is 1. The Morgan fingerprint density at radius 1 is 1.13 bits per heavy atom. The standard InChI is InChI=1S/C23H21ClN4O3/c1-14-19(22(29)31-3)21(25-23(30)27(14)2)18-13-28(17-7-5-4-6-8-17)26-20(18)15-9-11-16(24)12-10-15/h4-13,21H,1-3H3,(H,25,30)/t21-/m0/s1. The molecular formula is C23H21ClN4O3. The molecule has 8 heteroatoms. The van der Waals surface area contributed by atoms with Crippen LogP contribution in [0.2, 0.25) is 5.02 Å². The fourth-order valence-electron chi connectivity index (χ4n) is 3.59. The van der Waals surface area contributed by atoms with Gasteiger partial charge in [-0.2, -0.15) is 5.10 Å². The Kier molecular flexibility index (Phi) is 5.52. The van der Waals surface area contributed by atoms with E-state index in [0.717, 1.165) is 11.3 Å². The molecule has 0 fully saturated rings. The van der Waals surface area contributed by atoms with Crippen molar-refractivity contribution < 1.29 is 14.3 Å². The Bertz CT molecular complexity index is 1170. The first kappa shape index (κ1) is 20.7. The zero-order valence-corrected chi connectivity index (χ0v) is 18.1. The summed E-state index contributed by atoms with van der Waals surface area (Å²) in [5, 5.41) is 8.29. The molecule has 3 aromatic rings. The molecule has 1 N–H and O–H groups in total. The largest absolute Gasteiger partial charge is 0.466 e. The van der Waals surface area contributed by atoms with E-state index in [1.54, 1.807) is 30.8 Å². The van der Waals surface area contributed by atoms with E-state index in [1.807, 2.05) is 48.7 Å². The molecule has 1 aromatic heterocycles. The average molecular weight is 437 g/mol. The van der Waals surface area contributed by atoms with Crippen LogP contribution >= 0.6 is 11.6 Å². The van der Waals surface area contributed by atoms with Crippen molar-refractivity contribution in [3.63, 3.8) is 0 Å². The van der Waals surface area contributed by atoms with Crippen molar-refractivity contribution in [2.24, 2.45) is 0 Å². The molecule has 2 aromatic carbocycles. The van der Waals surface area contributed by atoms with Crippen LogP contribution in [0, 0.1) is 0 Å². The summed E-state index contributed by atoms with van der Waals surface area (Å²) in [7, 11) is 2.93. The SMILES string of the molecule is COC(=O)C1=C(C)N(C)C(=O)N[C@H]1c1cn(-c2ccccc2)nc1-c1ccc(Cl)cc1. The predicted octanol–water partition coefficient (Wildman–Crippen LogP) is 4.34. The van der Waals surface area contributed by atoms with Crippen LogP contribution in [0.3, 0.4) is 0 Å². The number of nitrogens with zero attached hydrogens (tertiary/aromatic N) is 3. The summed E-state index contributed by atoms with van der Waals surface area (Å²) < 4.78 is 6.76. The number of nitrogens with one attached hydrogen (secondary N) is 1. The van der Waals surface area contributed by atoms with Gasteiger partial charge in [0.2, 0.25) is 0 Å². The molecule has 1 atom stereocenters. The van der Waals surface area contributed by atoms with Crippen LogP contribution in [0.15, 0.2) is 72.1 Å². The maximum Gasteiger partial charge on any atom is 0.337 e. The van der Waals surface area contributed by atoms with Crippen molar-refractivity contribution in [2.75, 3.05) is 14.2 Å². The first-order valence-corrected chi connectivity index (χ1v) is 10.0. The van der Waals surface area contributed by atoms with Crippen molar-refractivity contribution in [3.05, 3.63) is 82.7 Å². The van der Waals surface area contributed by atoms with Gasteiger partial charge in [-0.3, -0.25) is 0 Å². The summed E-state index contributed by atoms with van der Waals surface area (Å²) in [6, 6.07) is 15.8. The number of aromatic nitrogens is 2. The number of benzene rings is 2. The van der Waals surface area contributed by atoms with E-state index in [4.69, 9.17) is 21.4 Å². The van der Waals surface area contributed by atoms with Gasteiger partial charge in [0.25, 0.3) is 0 Å². The fraction of sp³-hybridized carbons (Fsp3) is 0.174. The van der Waals surface area contributed by atoms with Gasteiger partial charge in [-0.15, -0.1) is 0 Å². The van der Waals surface area contributed by atoms with E-state index in [-0.39, 0.29) is 6.03 Å². The molecule has 0 saturated heterocycles. The van der Waals surface area contributed by atoms with Crippen LogP contribution in [0.1, 0.15) is 18.5 Å². The van der Waals surface area contributed by atoms with Gasteiger partial charge < -0.3 is 15.0 Å². The second-order valence-corrected chi connectivity index (χ2v) is 7.59. The summed E-state index contributed by atoms with van der Waals surface area (Å²) in [4.78, 5) is 26.7. The fourth-order valence-corrected chi connectivity index (χ4v) is 3.71. The lowest BCUT2D eigenvalue weighted by Crippen LogP contribution is -2.46. The van der Waals surface area contributed by atoms with Crippen molar-refractivity contribution in [1.29, 1.82) is 0 Å². The molecule has 2 amide bonds. The Morgan fingerprint density at radius 2 is 1.81 bits per heavy atom. The van der Waals surface area contributed by atoms with Crippen LogP contribution in [0.25, 0.3) is 16.9 Å². The minimum Gasteiger partial charge on any atom is -0.466 e. The number of urea groups is 1. The summed E-state index contributed by atoms with van der Waals surface area (Å²) in [6.45, 7) is 1.72. The summed E-state index contributed by atoms with van der Waals surface area (Å²) in [5.41, 5.74) is 3.84. The lowest BCUT2D eigenvalue weighted by atomic mass is 9.93. The molecule has 4 rings (SSSR count). The van der Waals surface area contributed by atoms with Gasteiger partial charge in [0, 0.05) is 35.1 Å². The van der Waals surface area contributed by atoms with E-state index in [9.17, 15) is 9.59 Å². The highest BCUT2D eigenvalue weighted by atomic mass is 35.5. The van der Waals surface area contributed by atoms with E-state index in [2.05, 4.69) is 5.32 Å². The molecule has 0 spiro atoms. The number of rotatable bonds is 4. The van der Waals surface area contributed by atoms with Crippen LogP contribution in [-0.2, 0) is 9.53 Å². The van der Waals surface area contributed by atoms with Gasteiger partial charge >= 0.3 is 12.0 Å². The summed E-state index contributed by atoms with van der Waals surface area (Å²) >= 11 is 6.07. The van der Waals surface area contributed by atoms with Crippen molar-refractivity contribution in [1.82, 2.24) is 20.0 Å². The molecule has 2 heterocycles. The second kappa shape index (κ2) is 8.28. The highest BCUT2D eigenvalue weighted by molar-refractivity contribution is 6.30. The lowest BCUT2D eigenvalue weighted by Gasteiger charge is -2.32.